The Bertz CT molecular complexity index is 322. The van der Waals surface area contributed by atoms with Gasteiger partial charge in [-0.15, -0.1) is 8.76 Å². The Labute approximate surface area is 71.7 Å². The molecule has 1 rings (SSSR count). The SMILES string of the molecule is O=[S@]1(Cl)=NC(Cl)=NC(Cl)=N1. The Kier molecular flexibility index (Phi) is 2.19. The smallest absolute Gasteiger partial charge is 0.208 e. The van der Waals surface area contributed by atoms with Crippen molar-refractivity contribution in [2.75, 3.05) is 0 Å². The molecule has 56 valence electrons. The van der Waals surface area contributed by atoms with Crippen LogP contribution < -0.4 is 0 Å². The molecule has 0 aromatic heterocycles. The first kappa shape index (κ1) is 8.26. The minimum atomic E-state index is -3.14. The number of hydrogen-bond donors (Lipinski definition) is 0. The minimum Gasteiger partial charge on any atom is -0.208 e. The van der Waals surface area contributed by atoms with Crippen molar-refractivity contribution in [3.05, 3.63) is 0 Å². The van der Waals surface area contributed by atoms with Gasteiger partial charge in [0.2, 0.25) is 19.7 Å². The van der Waals surface area contributed by atoms with Gasteiger partial charge in [-0.25, -0.2) is 4.21 Å². The van der Waals surface area contributed by atoms with E-state index >= 15 is 0 Å². The molecule has 0 N–H and O–H groups in total. The van der Waals surface area contributed by atoms with E-state index in [-0.39, 0.29) is 10.6 Å². The van der Waals surface area contributed by atoms with E-state index in [4.69, 9.17) is 33.9 Å². The summed E-state index contributed by atoms with van der Waals surface area (Å²) >= 11 is 10.5. The van der Waals surface area contributed by atoms with Crippen molar-refractivity contribution in [2.45, 2.75) is 0 Å². The quantitative estimate of drug-likeness (QED) is 0.453. The summed E-state index contributed by atoms with van der Waals surface area (Å²) in [7, 11) is 2.05. The molecular weight excluding hydrogens is 220 g/mol. The Morgan fingerprint density at radius 3 is 2.30 bits per heavy atom. The van der Waals surface area contributed by atoms with E-state index in [2.05, 4.69) is 13.8 Å². The molecule has 0 saturated carbocycles. The highest BCUT2D eigenvalue weighted by Gasteiger charge is 2.10. The molecule has 4 nitrogen and oxygen atoms in total. The lowest BCUT2D eigenvalue weighted by Crippen LogP contribution is -1.99. The van der Waals surface area contributed by atoms with Gasteiger partial charge in [0.1, 0.15) is 0 Å². The van der Waals surface area contributed by atoms with Crippen molar-refractivity contribution in [2.24, 2.45) is 13.8 Å². The maximum atomic E-state index is 10.8. The molecule has 0 aromatic carbocycles. The third-order valence-electron chi connectivity index (χ3n) is 0.560. The van der Waals surface area contributed by atoms with Crippen molar-refractivity contribution >= 4 is 53.6 Å². The lowest BCUT2D eigenvalue weighted by Gasteiger charge is -1.97. The van der Waals surface area contributed by atoms with Crippen LogP contribution in [0.1, 0.15) is 0 Å². The molecule has 1 aliphatic heterocycles. The van der Waals surface area contributed by atoms with E-state index in [1.807, 2.05) is 0 Å². The molecule has 8 heteroatoms. The maximum Gasteiger partial charge on any atom is 0.247 e. The average molecular weight is 220 g/mol. The zero-order valence-corrected chi connectivity index (χ0v) is 7.38. The van der Waals surface area contributed by atoms with Crippen molar-refractivity contribution < 1.29 is 4.21 Å². The second-order valence-electron chi connectivity index (χ2n) is 1.26. The largest absolute Gasteiger partial charge is 0.247 e. The molecule has 0 bridgehead atoms. The number of aliphatic imine (C=N–C) groups is 1. The topological polar surface area (TPSA) is 54.1 Å². The van der Waals surface area contributed by atoms with Gasteiger partial charge in [-0.1, -0.05) is 0 Å². The van der Waals surface area contributed by atoms with Crippen molar-refractivity contribution in [3.63, 3.8) is 0 Å². The first-order chi connectivity index (χ1) is 4.49. The summed E-state index contributed by atoms with van der Waals surface area (Å²) in [5, 5.41) is -0.500. The minimum absolute atomic E-state index is 0.250. The van der Waals surface area contributed by atoms with E-state index in [0.717, 1.165) is 0 Å². The van der Waals surface area contributed by atoms with E-state index in [0.29, 0.717) is 0 Å². The molecule has 1 atom stereocenters. The van der Waals surface area contributed by atoms with Crippen LogP contribution in [0.25, 0.3) is 0 Å². The van der Waals surface area contributed by atoms with Gasteiger partial charge in [-0.05, 0) is 23.2 Å². The summed E-state index contributed by atoms with van der Waals surface area (Å²) in [4.78, 5) is 3.35. The van der Waals surface area contributed by atoms with Crippen LogP contribution in [0.3, 0.4) is 0 Å². The molecule has 0 unspecified atom stereocenters. The van der Waals surface area contributed by atoms with Crippen molar-refractivity contribution in [3.8, 4) is 0 Å². The van der Waals surface area contributed by atoms with E-state index < -0.39 is 9.13 Å². The van der Waals surface area contributed by atoms with Gasteiger partial charge in [0, 0.05) is 10.7 Å². The third-order valence-corrected chi connectivity index (χ3v) is 2.31. The molecule has 10 heavy (non-hydrogen) atoms. The molecule has 0 aliphatic carbocycles. The number of rotatable bonds is 0. The number of hydrogen-bond acceptors (Lipinski definition) is 3. The third kappa shape index (κ3) is 2.09. The molecular formula is C2Cl3N3OS. The summed E-state index contributed by atoms with van der Waals surface area (Å²) in [5.41, 5.74) is 0. The monoisotopic (exact) mass is 219 g/mol. The molecule has 0 amide bonds. The summed E-state index contributed by atoms with van der Waals surface area (Å²) in [6, 6.07) is 0. The molecule has 0 aromatic rings. The predicted molar refractivity (Wildman–Crippen MR) is 43.0 cm³/mol. The molecule has 1 heterocycles. The highest BCUT2D eigenvalue weighted by Crippen LogP contribution is 2.13. The van der Waals surface area contributed by atoms with Crippen molar-refractivity contribution in [1.29, 1.82) is 0 Å². The van der Waals surface area contributed by atoms with E-state index in [1.54, 1.807) is 0 Å². The zero-order valence-electron chi connectivity index (χ0n) is 4.29. The first-order valence-electron chi connectivity index (χ1n) is 1.96. The Balaban J connectivity index is 3.29. The highest BCUT2D eigenvalue weighted by molar-refractivity contribution is 8.15. The van der Waals surface area contributed by atoms with Crippen LogP contribution >= 0.6 is 33.9 Å². The normalized spacial score (nSPS) is 32.3. The van der Waals surface area contributed by atoms with Gasteiger partial charge >= 0.3 is 0 Å². The highest BCUT2D eigenvalue weighted by atomic mass is 35.7. The fourth-order valence-electron chi connectivity index (χ4n) is 0.323. The van der Waals surface area contributed by atoms with Crippen LogP contribution in [0.5, 0.6) is 0 Å². The number of halogens is 3. The number of nitrogens with zero attached hydrogens (tertiary/aromatic N) is 3. The van der Waals surface area contributed by atoms with Crippen LogP contribution in [-0.2, 0) is 9.13 Å². The lowest BCUT2D eigenvalue weighted by atomic mass is 11.2. The van der Waals surface area contributed by atoms with Gasteiger partial charge in [-0.2, -0.15) is 4.99 Å². The second kappa shape index (κ2) is 2.65. The Morgan fingerprint density at radius 1 is 1.30 bits per heavy atom. The van der Waals surface area contributed by atoms with E-state index in [9.17, 15) is 4.21 Å². The van der Waals surface area contributed by atoms with Gasteiger partial charge in [0.05, 0.1) is 0 Å². The first-order valence-corrected chi connectivity index (χ1v) is 5.01. The number of amidine groups is 2. The second-order valence-corrected chi connectivity index (χ2v) is 4.37. The van der Waals surface area contributed by atoms with Crippen LogP contribution in [-0.4, -0.2) is 14.8 Å². The summed E-state index contributed by atoms with van der Waals surface area (Å²) in [6.45, 7) is 0. The summed E-state index contributed by atoms with van der Waals surface area (Å²) in [5.74, 6) is 0. The molecule has 0 fully saturated rings. The van der Waals surface area contributed by atoms with Gasteiger partial charge in [0.15, 0.2) is 0 Å². The van der Waals surface area contributed by atoms with Gasteiger partial charge < -0.3 is 0 Å². The zero-order chi connectivity index (χ0) is 7.78. The predicted octanol–water partition coefficient (Wildman–Crippen LogP) is 1.73. The summed E-state index contributed by atoms with van der Waals surface area (Å²) in [6.07, 6.45) is 0. The lowest BCUT2D eigenvalue weighted by molar-refractivity contribution is 0.687. The molecule has 0 saturated heterocycles. The fourth-order valence-corrected chi connectivity index (χ4v) is 2.19. The standard InChI is InChI=1S/C2Cl3N3OS/c3-1-6-2(4)8-10(5,9)7-1. The van der Waals surface area contributed by atoms with Crippen molar-refractivity contribution in [1.82, 2.24) is 0 Å². The van der Waals surface area contributed by atoms with Crippen LogP contribution in [0, 0.1) is 0 Å². The average Bonchev–Trinajstić information content (AvgIpc) is 1.54. The maximum absolute atomic E-state index is 10.8. The fraction of sp³-hybridized carbons (Fsp3) is 0. The van der Waals surface area contributed by atoms with Crippen LogP contribution in [0.15, 0.2) is 13.8 Å². The van der Waals surface area contributed by atoms with Gasteiger partial charge in [0.25, 0.3) is 0 Å². The molecule has 0 radical (unpaired) electrons. The Morgan fingerprint density at radius 2 is 1.90 bits per heavy atom. The van der Waals surface area contributed by atoms with Crippen LogP contribution in [0.4, 0.5) is 0 Å². The van der Waals surface area contributed by atoms with Crippen LogP contribution in [0.2, 0.25) is 0 Å². The molecule has 0 spiro atoms. The molecule has 1 aliphatic rings. The Hall–Kier alpha value is 0.160. The summed E-state index contributed by atoms with van der Waals surface area (Å²) < 4.78 is 17.2. The van der Waals surface area contributed by atoms with E-state index in [1.165, 1.54) is 0 Å². The van der Waals surface area contributed by atoms with Gasteiger partial charge in [-0.3, -0.25) is 0 Å².